The van der Waals surface area contributed by atoms with Crippen molar-refractivity contribution >= 4 is 5.69 Å². The van der Waals surface area contributed by atoms with E-state index in [9.17, 15) is 10.1 Å². The van der Waals surface area contributed by atoms with E-state index in [2.05, 4.69) is 0 Å². The van der Waals surface area contributed by atoms with Gasteiger partial charge in [0.2, 0.25) is 0 Å². The molecule has 1 rings (SSSR count). The van der Waals surface area contributed by atoms with Crippen LogP contribution in [0.3, 0.4) is 0 Å². The summed E-state index contributed by atoms with van der Waals surface area (Å²) in [6.07, 6.45) is 0. The van der Waals surface area contributed by atoms with Crippen LogP contribution in [-0.4, -0.2) is 4.92 Å². The molecule has 0 N–H and O–H groups in total. The Kier molecular flexibility index (Phi) is 3.43. The molecule has 0 fully saturated rings. The molecule has 0 heterocycles. The summed E-state index contributed by atoms with van der Waals surface area (Å²) < 4.78 is 0. The molecule has 0 radical (unpaired) electrons. The standard InChI is InChI=1S/C6H5NO2.ClH/c8-7(9)6-4-2-1-3-5-6;/h1-5H;1H/p-1. The molecule has 10 heavy (non-hydrogen) atoms. The van der Waals surface area contributed by atoms with Crippen LogP contribution < -0.4 is 12.4 Å². The molecule has 0 unspecified atom stereocenters. The number of nitro groups is 1. The van der Waals surface area contributed by atoms with Crippen molar-refractivity contribution in [1.29, 1.82) is 0 Å². The van der Waals surface area contributed by atoms with E-state index >= 15 is 0 Å². The van der Waals surface area contributed by atoms with Gasteiger partial charge in [-0.25, -0.2) is 0 Å². The molecule has 0 bridgehead atoms. The van der Waals surface area contributed by atoms with Gasteiger partial charge in [0.15, 0.2) is 0 Å². The highest BCUT2D eigenvalue weighted by Gasteiger charge is 1.98. The lowest BCUT2D eigenvalue weighted by Crippen LogP contribution is -3.00. The van der Waals surface area contributed by atoms with E-state index in [4.69, 9.17) is 0 Å². The summed E-state index contributed by atoms with van der Waals surface area (Å²) in [4.78, 5) is 9.59. The largest absolute Gasteiger partial charge is 1.00 e. The first-order valence-corrected chi connectivity index (χ1v) is 2.50. The lowest BCUT2D eigenvalue weighted by Gasteiger charge is -1.85. The van der Waals surface area contributed by atoms with Crippen LogP contribution >= 0.6 is 0 Å². The van der Waals surface area contributed by atoms with Crippen molar-refractivity contribution in [3.63, 3.8) is 0 Å². The number of halogens is 1. The van der Waals surface area contributed by atoms with Gasteiger partial charge in [0.05, 0.1) is 4.92 Å². The van der Waals surface area contributed by atoms with Crippen LogP contribution in [-0.2, 0) is 0 Å². The molecule has 1 aromatic carbocycles. The zero-order valence-corrected chi connectivity index (χ0v) is 5.78. The van der Waals surface area contributed by atoms with Crippen molar-refractivity contribution in [2.75, 3.05) is 0 Å². The molecule has 4 heteroatoms. The highest BCUT2D eigenvalue weighted by Crippen LogP contribution is 2.06. The van der Waals surface area contributed by atoms with Gasteiger partial charge >= 0.3 is 0 Å². The molecule has 0 atom stereocenters. The molecule has 0 spiro atoms. The molecule has 0 saturated carbocycles. The number of hydrogen-bond acceptors (Lipinski definition) is 2. The number of hydrogen-bond donors (Lipinski definition) is 0. The molecule has 3 nitrogen and oxygen atoms in total. The monoisotopic (exact) mass is 158 g/mol. The van der Waals surface area contributed by atoms with Gasteiger partial charge < -0.3 is 12.4 Å². The smallest absolute Gasteiger partial charge is 0.269 e. The first kappa shape index (κ1) is 8.91. The number of rotatable bonds is 1. The minimum absolute atomic E-state index is 0. The summed E-state index contributed by atoms with van der Waals surface area (Å²) >= 11 is 0. The Balaban J connectivity index is 0.000000810. The van der Waals surface area contributed by atoms with E-state index in [1.54, 1.807) is 18.2 Å². The van der Waals surface area contributed by atoms with Gasteiger partial charge in [0.1, 0.15) is 0 Å². The first-order valence-electron chi connectivity index (χ1n) is 2.50. The van der Waals surface area contributed by atoms with Crippen molar-refractivity contribution in [3.05, 3.63) is 40.4 Å². The zero-order chi connectivity index (χ0) is 6.69. The Hall–Kier alpha value is -1.09. The van der Waals surface area contributed by atoms with Crippen molar-refractivity contribution in [3.8, 4) is 0 Å². The van der Waals surface area contributed by atoms with Gasteiger partial charge in [-0.1, -0.05) is 18.2 Å². The second-order valence-electron chi connectivity index (χ2n) is 1.59. The summed E-state index contributed by atoms with van der Waals surface area (Å²) in [7, 11) is 0. The van der Waals surface area contributed by atoms with E-state index in [1.165, 1.54) is 12.1 Å². The molecular formula is C6H5ClNO2-. The molecule has 0 amide bonds. The lowest BCUT2D eigenvalue weighted by atomic mass is 10.3. The molecule has 54 valence electrons. The Morgan fingerprint density at radius 3 is 2.00 bits per heavy atom. The van der Waals surface area contributed by atoms with Crippen LogP contribution in [0.15, 0.2) is 30.3 Å². The van der Waals surface area contributed by atoms with Gasteiger partial charge in [-0.15, -0.1) is 0 Å². The van der Waals surface area contributed by atoms with Crippen LogP contribution in [0, 0.1) is 10.1 Å². The topological polar surface area (TPSA) is 43.1 Å². The lowest BCUT2D eigenvalue weighted by molar-refractivity contribution is -0.384. The van der Waals surface area contributed by atoms with Crippen LogP contribution in [0.25, 0.3) is 0 Å². The predicted molar refractivity (Wildman–Crippen MR) is 33.1 cm³/mol. The van der Waals surface area contributed by atoms with Crippen LogP contribution in [0.1, 0.15) is 0 Å². The fourth-order valence-electron chi connectivity index (χ4n) is 0.550. The first-order chi connectivity index (χ1) is 4.30. The van der Waals surface area contributed by atoms with Crippen molar-refractivity contribution in [2.24, 2.45) is 0 Å². The van der Waals surface area contributed by atoms with Gasteiger partial charge in [-0.2, -0.15) is 0 Å². The number of para-hydroxylation sites is 1. The van der Waals surface area contributed by atoms with E-state index in [0.717, 1.165) is 0 Å². The average Bonchev–Trinajstić information content (AvgIpc) is 1.90. The second kappa shape index (κ2) is 3.85. The molecule has 0 saturated heterocycles. The van der Waals surface area contributed by atoms with Gasteiger partial charge in [-0.3, -0.25) is 10.1 Å². The van der Waals surface area contributed by atoms with E-state index in [0.29, 0.717) is 0 Å². The summed E-state index contributed by atoms with van der Waals surface area (Å²) in [6, 6.07) is 7.93. The molecule has 0 aliphatic heterocycles. The second-order valence-corrected chi connectivity index (χ2v) is 1.59. The maximum absolute atomic E-state index is 10.0. The third-order valence-electron chi connectivity index (χ3n) is 0.967. The fourth-order valence-corrected chi connectivity index (χ4v) is 0.550. The van der Waals surface area contributed by atoms with E-state index < -0.39 is 4.92 Å². The predicted octanol–water partition coefficient (Wildman–Crippen LogP) is -1.40. The van der Waals surface area contributed by atoms with Crippen molar-refractivity contribution < 1.29 is 17.3 Å². The van der Waals surface area contributed by atoms with Crippen LogP contribution in [0.4, 0.5) is 5.69 Å². The number of nitro benzene ring substituents is 1. The Labute approximate surface area is 64.2 Å². The quantitative estimate of drug-likeness (QED) is 0.373. The van der Waals surface area contributed by atoms with E-state index in [1.807, 2.05) is 0 Å². The van der Waals surface area contributed by atoms with E-state index in [-0.39, 0.29) is 18.1 Å². The minimum Gasteiger partial charge on any atom is -1.00 e. The third kappa shape index (κ3) is 2.03. The third-order valence-corrected chi connectivity index (χ3v) is 0.967. The zero-order valence-electron chi connectivity index (χ0n) is 5.03. The Morgan fingerprint density at radius 1 is 1.20 bits per heavy atom. The Morgan fingerprint density at radius 2 is 1.70 bits per heavy atom. The molecular weight excluding hydrogens is 154 g/mol. The summed E-state index contributed by atoms with van der Waals surface area (Å²) in [6.45, 7) is 0. The molecule has 0 aliphatic rings. The number of nitrogens with zero attached hydrogens (tertiary/aromatic N) is 1. The Bertz CT molecular complexity index is 212. The van der Waals surface area contributed by atoms with Gasteiger partial charge in [0.25, 0.3) is 5.69 Å². The normalized spacial score (nSPS) is 8.00. The highest BCUT2D eigenvalue weighted by molar-refractivity contribution is 5.27. The van der Waals surface area contributed by atoms with Crippen LogP contribution in [0.2, 0.25) is 0 Å². The fraction of sp³-hybridized carbons (Fsp3) is 0. The summed E-state index contributed by atoms with van der Waals surface area (Å²) in [5.41, 5.74) is 0.137. The minimum atomic E-state index is -0.417. The van der Waals surface area contributed by atoms with Gasteiger partial charge in [-0.05, 0) is 0 Å². The average molecular weight is 159 g/mol. The van der Waals surface area contributed by atoms with Crippen LogP contribution in [0.5, 0.6) is 0 Å². The number of non-ortho nitro benzene ring substituents is 1. The highest BCUT2D eigenvalue weighted by atomic mass is 35.5. The van der Waals surface area contributed by atoms with Gasteiger partial charge in [0, 0.05) is 12.1 Å². The maximum Gasteiger partial charge on any atom is 0.269 e. The molecule has 0 aromatic heterocycles. The SMILES string of the molecule is O=[N+]([O-])c1ccccc1.[Cl-]. The number of benzene rings is 1. The van der Waals surface area contributed by atoms with Crippen molar-refractivity contribution in [1.82, 2.24) is 0 Å². The summed E-state index contributed by atoms with van der Waals surface area (Å²) in [5, 5.41) is 10.0. The maximum atomic E-state index is 10.0. The van der Waals surface area contributed by atoms with Crippen molar-refractivity contribution in [2.45, 2.75) is 0 Å². The molecule has 0 aliphatic carbocycles. The summed E-state index contributed by atoms with van der Waals surface area (Å²) in [5.74, 6) is 0. The molecule has 1 aromatic rings.